The molecule has 1 aliphatic rings. The molecule has 0 saturated carbocycles. The highest BCUT2D eigenvalue weighted by Gasteiger charge is 2.24. The summed E-state index contributed by atoms with van der Waals surface area (Å²) in [5.74, 6) is 1.50. The van der Waals surface area contributed by atoms with E-state index in [-0.39, 0.29) is 6.03 Å². The zero-order chi connectivity index (χ0) is 19.2. The Morgan fingerprint density at radius 3 is 2.70 bits per heavy atom. The predicted molar refractivity (Wildman–Crippen MR) is 104 cm³/mol. The van der Waals surface area contributed by atoms with Crippen LogP contribution in [0.4, 0.5) is 10.5 Å². The van der Waals surface area contributed by atoms with Gasteiger partial charge < -0.3 is 19.7 Å². The van der Waals surface area contributed by atoms with E-state index in [1.807, 2.05) is 19.1 Å². The molecule has 1 N–H and O–H groups in total. The van der Waals surface area contributed by atoms with Gasteiger partial charge >= 0.3 is 6.03 Å². The summed E-state index contributed by atoms with van der Waals surface area (Å²) in [5.41, 5.74) is 1.43. The number of benzene rings is 1. The third kappa shape index (κ3) is 5.23. The third-order valence-electron chi connectivity index (χ3n) is 4.55. The van der Waals surface area contributed by atoms with Crippen molar-refractivity contribution in [3.63, 3.8) is 0 Å². The Balaban J connectivity index is 1.48. The van der Waals surface area contributed by atoms with Gasteiger partial charge in [-0.05, 0) is 49.9 Å². The van der Waals surface area contributed by atoms with E-state index in [0.29, 0.717) is 48.0 Å². The quantitative estimate of drug-likeness (QED) is 0.840. The first kappa shape index (κ1) is 19.2. The predicted octanol–water partition coefficient (Wildman–Crippen LogP) is 3.77. The second-order valence-electron chi connectivity index (χ2n) is 6.53. The Hall–Kier alpha value is -2.54. The van der Waals surface area contributed by atoms with Crippen LogP contribution in [0.3, 0.4) is 0 Å². The number of rotatable bonds is 5. The van der Waals surface area contributed by atoms with Crippen LogP contribution in [-0.4, -0.2) is 47.9 Å². The normalized spacial score (nSPS) is 14.7. The van der Waals surface area contributed by atoms with Gasteiger partial charge in [0.25, 0.3) is 0 Å². The summed E-state index contributed by atoms with van der Waals surface area (Å²) in [4.78, 5) is 14.3. The van der Waals surface area contributed by atoms with Crippen LogP contribution in [0, 0.1) is 12.8 Å². The van der Waals surface area contributed by atoms with Gasteiger partial charge in [-0.3, -0.25) is 0 Å². The van der Waals surface area contributed by atoms with Crippen LogP contribution in [0.25, 0.3) is 0 Å². The van der Waals surface area contributed by atoms with E-state index in [2.05, 4.69) is 15.5 Å². The molecule has 0 aliphatic carbocycles. The molecule has 0 bridgehead atoms. The van der Waals surface area contributed by atoms with Crippen molar-refractivity contribution >= 4 is 23.3 Å². The third-order valence-corrected chi connectivity index (χ3v) is 4.78. The number of halogens is 1. The van der Waals surface area contributed by atoms with Gasteiger partial charge in [0.1, 0.15) is 5.75 Å². The minimum atomic E-state index is -0.153. The van der Waals surface area contributed by atoms with Gasteiger partial charge in [0.2, 0.25) is 5.88 Å². The molecule has 1 aromatic carbocycles. The number of hydrogen-bond donors (Lipinski definition) is 1. The molecule has 8 heteroatoms. The van der Waals surface area contributed by atoms with Gasteiger partial charge in [-0.1, -0.05) is 11.6 Å². The molecule has 1 aromatic heterocycles. The lowest BCUT2D eigenvalue weighted by Crippen LogP contribution is -2.42. The van der Waals surface area contributed by atoms with Gasteiger partial charge in [-0.25, -0.2) is 4.79 Å². The number of ether oxygens (including phenoxy) is 2. The largest absolute Gasteiger partial charge is 0.495 e. The maximum Gasteiger partial charge on any atom is 0.321 e. The first-order valence-corrected chi connectivity index (χ1v) is 9.25. The summed E-state index contributed by atoms with van der Waals surface area (Å²) in [6.07, 6.45) is 1.75. The van der Waals surface area contributed by atoms with Crippen LogP contribution in [0.2, 0.25) is 5.02 Å². The minimum absolute atomic E-state index is 0.153. The molecular weight excluding hydrogens is 368 g/mol. The van der Waals surface area contributed by atoms with Gasteiger partial charge in [-0.2, -0.15) is 5.10 Å². The molecule has 0 spiro atoms. The smallest absolute Gasteiger partial charge is 0.321 e. The molecule has 1 fully saturated rings. The zero-order valence-corrected chi connectivity index (χ0v) is 16.2. The molecule has 2 aromatic rings. The number of carbonyl (C=O) groups is 1. The van der Waals surface area contributed by atoms with Gasteiger partial charge in [0.05, 0.1) is 25.1 Å². The average Bonchev–Trinajstić information content (AvgIpc) is 2.68. The second kappa shape index (κ2) is 8.90. The zero-order valence-electron chi connectivity index (χ0n) is 15.4. The molecule has 2 amide bonds. The number of amides is 2. The van der Waals surface area contributed by atoms with Crippen molar-refractivity contribution in [1.82, 2.24) is 15.1 Å². The molecule has 144 valence electrons. The van der Waals surface area contributed by atoms with Gasteiger partial charge in [-0.15, -0.1) is 5.10 Å². The molecule has 7 nitrogen and oxygen atoms in total. The summed E-state index contributed by atoms with van der Waals surface area (Å²) in [5, 5.41) is 11.4. The lowest BCUT2D eigenvalue weighted by molar-refractivity contribution is 0.150. The van der Waals surface area contributed by atoms with Crippen LogP contribution in [0.5, 0.6) is 11.6 Å². The topological polar surface area (TPSA) is 76.6 Å². The molecule has 0 unspecified atom stereocenters. The first-order valence-electron chi connectivity index (χ1n) is 8.88. The summed E-state index contributed by atoms with van der Waals surface area (Å²) >= 11 is 6.01. The SMILES string of the molecule is COc1ccc(Cl)cc1NC(=O)N1CCC(COc2ccc(C)nn2)CC1. The van der Waals surface area contributed by atoms with E-state index in [4.69, 9.17) is 21.1 Å². The highest BCUT2D eigenvalue weighted by Crippen LogP contribution is 2.28. The van der Waals surface area contributed by atoms with Crippen molar-refractivity contribution in [1.29, 1.82) is 0 Å². The van der Waals surface area contributed by atoms with Crippen molar-refractivity contribution < 1.29 is 14.3 Å². The van der Waals surface area contributed by atoms with Crippen molar-refractivity contribution in [2.45, 2.75) is 19.8 Å². The molecular formula is C19H23ClN4O3. The number of carbonyl (C=O) groups excluding carboxylic acids is 1. The van der Waals surface area contributed by atoms with Crippen molar-refractivity contribution in [3.05, 3.63) is 41.0 Å². The highest BCUT2D eigenvalue weighted by molar-refractivity contribution is 6.31. The van der Waals surface area contributed by atoms with E-state index in [9.17, 15) is 4.79 Å². The number of aromatic nitrogens is 2. The minimum Gasteiger partial charge on any atom is -0.495 e. The number of anilines is 1. The van der Waals surface area contributed by atoms with Crippen molar-refractivity contribution in [2.24, 2.45) is 5.92 Å². The lowest BCUT2D eigenvalue weighted by atomic mass is 9.98. The van der Waals surface area contributed by atoms with Crippen LogP contribution < -0.4 is 14.8 Å². The van der Waals surface area contributed by atoms with Crippen LogP contribution in [0.15, 0.2) is 30.3 Å². The van der Waals surface area contributed by atoms with E-state index in [0.717, 1.165) is 18.5 Å². The standard InChI is InChI=1S/C19H23ClN4O3/c1-13-3-6-18(23-22-13)27-12-14-7-9-24(10-8-14)19(25)21-16-11-15(20)4-5-17(16)26-2/h3-6,11,14H,7-10,12H2,1-2H3,(H,21,25). The fraction of sp³-hybridized carbons (Fsp3) is 0.421. The van der Waals surface area contributed by atoms with Crippen molar-refractivity contribution in [3.8, 4) is 11.6 Å². The van der Waals surface area contributed by atoms with Crippen molar-refractivity contribution in [2.75, 3.05) is 32.1 Å². The summed E-state index contributed by atoms with van der Waals surface area (Å²) in [6.45, 7) is 3.80. The molecule has 3 rings (SSSR count). The van der Waals surface area contributed by atoms with Crippen LogP contribution in [0.1, 0.15) is 18.5 Å². The van der Waals surface area contributed by atoms with E-state index >= 15 is 0 Å². The average molecular weight is 391 g/mol. The molecule has 2 heterocycles. The monoisotopic (exact) mass is 390 g/mol. The van der Waals surface area contributed by atoms with Gasteiger partial charge in [0, 0.05) is 24.2 Å². The maximum absolute atomic E-state index is 12.5. The number of nitrogens with zero attached hydrogens (tertiary/aromatic N) is 3. The number of piperidine rings is 1. The van der Waals surface area contributed by atoms with E-state index < -0.39 is 0 Å². The Kier molecular flexibility index (Phi) is 6.34. The Labute approximate surface area is 163 Å². The Morgan fingerprint density at radius 1 is 1.26 bits per heavy atom. The van der Waals surface area contributed by atoms with E-state index in [1.165, 1.54) is 0 Å². The molecule has 0 radical (unpaired) electrons. The fourth-order valence-electron chi connectivity index (χ4n) is 2.94. The first-order chi connectivity index (χ1) is 13.0. The fourth-order valence-corrected chi connectivity index (χ4v) is 3.11. The highest BCUT2D eigenvalue weighted by atomic mass is 35.5. The number of likely N-dealkylation sites (tertiary alicyclic amines) is 1. The number of nitrogens with one attached hydrogen (secondary N) is 1. The molecule has 1 aliphatic heterocycles. The second-order valence-corrected chi connectivity index (χ2v) is 6.97. The number of methoxy groups -OCH3 is 1. The summed E-state index contributed by atoms with van der Waals surface area (Å²) in [7, 11) is 1.56. The number of hydrogen-bond acceptors (Lipinski definition) is 5. The number of urea groups is 1. The lowest BCUT2D eigenvalue weighted by Gasteiger charge is -2.31. The van der Waals surface area contributed by atoms with Crippen LogP contribution >= 0.6 is 11.6 Å². The Morgan fingerprint density at radius 2 is 2.04 bits per heavy atom. The molecule has 27 heavy (non-hydrogen) atoms. The molecule has 0 atom stereocenters. The summed E-state index contributed by atoms with van der Waals surface area (Å²) in [6, 6.07) is 8.68. The van der Waals surface area contributed by atoms with E-state index in [1.54, 1.807) is 30.2 Å². The van der Waals surface area contributed by atoms with Crippen LogP contribution in [-0.2, 0) is 0 Å². The summed E-state index contributed by atoms with van der Waals surface area (Å²) < 4.78 is 11.0. The number of aryl methyl sites for hydroxylation is 1. The van der Waals surface area contributed by atoms with Gasteiger partial charge in [0.15, 0.2) is 0 Å². The maximum atomic E-state index is 12.5. The molecule has 1 saturated heterocycles. The Bertz CT molecular complexity index is 777.